The molecule has 35 heavy (non-hydrogen) atoms. The maximum Gasteiger partial charge on any atom is 0.257 e. The van der Waals surface area contributed by atoms with E-state index in [1.807, 2.05) is 24.3 Å². The van der Waals surface area contributed by atoms with Crippen LogP contribution in [-0.2, 0) is 9.84 Å². The maximum absolute atomic E-state index is 13.5. The third-order valence-corrected chi connectivity index (χ3v) is 7.79. The molecule has 8 nitrogen and oxygen atoms in total. The molecule has 9 heteroatoms. The van der Waals surface area contributed by atoms with Crippen LogP contribution in [0, 0.1) is 0 Å². The summed E-state index contributed by atoms with van der Waals surface area (Å²) in [6.07, 6.45) is 8.52. The van der Waals surface area contributed by atoms with E-state index in [4.69, 9.17) is 9.15 Å². The summed E-state index contributed by atoms with van der Waals surface area (Å²) >= 11 is 0. The van der Waals surface area contributed by atoms with Gasteiger partial charge in [0.1, 0.15) is 12.0 Å². The third kappa shape index (κ3) is 5.19. The average molecular weight is 496 g/mol. The molecule has 2 heterocycles. The molecule has 0 spiro atoms. The molecule has 0 atom stereocenters. The number of hydrogen-bond donors (Lipinski definition) is 0. The van der Waals surface area contributed by atoms with Gasteiger partial charge in [-0.2, -0.15) is 0 Å². The molecule has 1 saturated carbocycles. The standard InChI is InChI=1S/C26H29N3O5S/c1-35(31,32)22-10-11-24(34-21-4-2-3-5-21)23(18-22)26(30)29-15-13-28(14-16-29)20-8-6-19(7-9-20)25-27-12-17-33-25/h6-12,17-18,21H,2-5,13-16H2,1H3. The first-order chi connectivity index (χ1) is 16.9. The van der Waals surface area contributed by atoms with Crippen molar-refractivity contribution in [3.8, 4) is 17.2 Å². The highest BCUT2D eigenvalue weighted by atomic mass is 32.2. The molecule has 1 saturated heterocycles. The fourth-order valence-corrected chi connectivity index (χ4v) is 5.36. The zero-order valence-corrected chi connectivity index (χ0v) is 20.5. The average Bonchev–Trinajstić information content (AvgIpc) is 3.58. The van der Waals surface area contributed by atoms with Crippen LogP contribution in [0.2, 0.25) is 0 Å². The van der Waals surface area contributed by atoms with Gasteiger partial charge in [-0.05, 0) is 68.1 Å². The fourth-order valence-electron chi connectivity index (χ4n) is 4.71. The lowest BCUT2D eigenvalue weighted by Gasteiger charge is -2.36. The summed E-state index contributed by atoms with van der Waals surface area (Å²) < 4.78 is 35.8. The number of amides is 1. The molecule has 5 rings (SSSR count). The summed E-state index contributed by atoms with van der Waals surface area (Å²) in [6.45, 7) is 2.42. The van der Waals surface area contributed by atoms with Gasteiger partial charge < -0.3 is 19.0 Å². The lowest BCUT2D eigenvalue weighted by molar-refractivity contribution is 0.0739. The van der Waals surface area contributed by atoms with Gasteiger partial charge in [-0.3, -0.25) is 4.79 Å². The number of carbonyl (C=O) groups excluding carboxylic acids is 1. The van der Waals surface area contributed by atoms with Gasteiger partial charge in [0.15, 0.2) is 9.84 Å². The van der Waals surface area contributed by atoms with Gasteiger partial charge >= 0.3 is 0 Å². The monoisotopic (exact) mass is 495 g/mol. The zero-order chi connectivity index (χ0) is 24.4. The van der Waals surface area contributed by atoms with Crippen LogP contribution < -0.4 is 9.64 Å². The van der Waals surface area contributed by atoms with Crippen molar-refractivity contribution in [2.45, 2.75) is 36.7 Å². The van der Waals surface area contributed by atoms with Crippen LogP contribution in [0.4, 0.5) is 5.69 Å². The van der Waals surface area contributed by atoms with Gasteiger partial charge in [0.25, 0.3) is 5.91 Å². The number of carbonyl (C=O) groups is 1. The molecule has 0 N–H and O–H groups in total. The minimum atomic E-state index is -3.44. The van der Waals surface area contributed by atoms with Crippen molar-refractivity contribution < 1.29 is 22.4 Å². The summed E-state index contributed by atoms with van der Waals surface area (Å²) in [5.41, 5.74) is 2.30. The Kier molecular flexibility index (Phi) is 6.51. The predicted octanol–water partition coefficient (Wildman–Crippen LogP) is 4.03. The molecule has 2 aliphatic rings. The third-order valence-electron chi connectivity index (χ3n) is 6.68. The van der Waals surface area contributed by atoms with E-state index in [0.717, 1.165) is 43.2 Å². The molecule has 0 radical (unpaired) electrons. The summed E-state index contributed by atoms with van der Waals surface area (Å²) in [4.78, 5) is 21.8. The van der Waals surface area contributed by atoms with Gasteiger partial charge in [0.2, 0.25) is 5.89 Å². The topological polar surface area (TPSA) is 93.0 Å². The minimum Gasteiger partial charge on any atom is -0.490 e. The van der Waals surface area contributed by atoms with Crippen molar-refractivity contribution in [1.82, 2.24) is 9.88 Å². The molecule has 184 valence electrons. The number of rotatable bonds is 6. The van der Waals surface area contributed by atoms with Crippen molar-refractivity contribution in [1.29, 1.82) is 0 Å². The number of benzene rings is 2. The number of sulfone groups is 1. The Hall–Kier alpha value is -3.33. The molecule has 1 aliphatic carbocycles. The van der Waals surface area contributed by atoms with Crippen molar-refractivity contribution in [3.05, 3.63) is 60.5 Å². The van der Waals surface area contributed by atoms with E-state index in [0.29, 0.717) is 43.4 Å². The Labute approximate surface area is 205 Å². The second kappa shape index (κ2) is 9.73. The van der Waals surface area contributed by atoms with Crippen LogP contribution in [-0.4, -0.2) is 62.7 Å². The molecule has 1 aliphatic heterocycles. The number of nitrogens with zero attached hydrogens (tertiary/aromatic N) is 3. The Balaban J connectivity index is 1.30. The zero-order valence-electron chi connectivity index (χ0n) is 19.7. The van der Waals surface area contributed by atoms with E-state index in [9.17, 15) is 13.2 Å². The van der Waals surface area contributed by atoms with Crippen LogP contribution >= 0.6 is 0 Å². The number of ether oxygens (including phenoxy) is 1. The van der Waals surface area contributed by atoms with Gasteiger partial charge in [-0.15, -0.1) is 0 Å². The molecule has 3 aromatic rings. The molecule has 2 aromatic carbocycles. The highest BCUT2D eigenvalue weighted by Crippen LogP contribution is 2.30. The summed E-state index contributed by atoms with van der Waals surface area (Å²) in [5.74, 6) is 0.861. The second-order valence-electron chi connectivity index (χ2n) is 9.12. The SMILES string of the molecule is CS(=O)(=O)c1ccc(OC2CCCC2)c(C(=O)N2CCN(c3ccc(-c4ncco4)cc3)CC2)c1. The van der Waals surface area contributed by atoms with E-state index >= 15 is 0 Å². The van der Waals surface area contributed by atoms with Crippen LogP contribution in [0.3, 0.4) is 0 Å². The molecule has 1 amide bonds. The van der Waals surface area contributed by atoms with E-state index in [2.05, 4.69) is 9.88 Å². The number of piperazine rings is 1. The molecular weight excluding hydrogens is 466 g/mol. The maximum atomic E-state index is 13.5. The number of anilines is 1. The van der Waals surface area contributed by atoms with Gasteiger partial charge in [-0.25, -0.2) is 13.4 Å². The smallest absolute Gasteiger partial charge is 0.257 e. The summed E-state index contributed by atoms with van der Waals surface area (Å²) in [6, 6.07) is 12.6. The Morgan fingerprint density at radius 1 is 1.03 bits per heavy atom. The Bertz CT molecular complexity index is 1280. The first-order valence-electron chi connectivity index (χ1n) is 11.9. The quantitative estimate of drug-likeness (QED) is 0.510. The molecule has 1 aromatic heterocycles. The van der Waals surface area contributed by atoms with E-state index in [1.54, 1.807) is 23.4 Å². The van der Waals surface area contributed by atoms with Crippen LogP contribution in [0.15, 0.2) is 64.2 Å². The van der Waals surface area contributed by atoms with Crippen LogP contribution in [0.5, 0.6) is 5.75 Å². The summed E-state index contributed by atoms with van der Waals surface area (Å²) in [7, 11) is -3.44. The fraction of sp³-hybridized carbons (Fsp3) is 0.385. The van der Waals surface area contributed by atoms with Gasteiger partial charge in [-0.1, -0.05) is 0 Å². The van der Waals surface area contributed by atoms with Gasteiger partial charge in [0, 0.05) is 43.7 Å². The van der Waals surface area contributed by atoms with Crippen molar-refractivity contribution in [2.75, 3.05) is 37.3 Å². The second-order valence-corrected chi connectivity index (χ2v) is 11.1. The summed E-state index contributed by atoms with van der Waals surface area (Å²) in [5, 5.41) is 0. The van der Waals surface area contributed by atoms with Crippen LogP contribution in [0.25, 0.3) is 11.5 Å². The predicted molar refractivity (Wildman–Crippen MR) is 132 cm³/mol. The Morgan fingerprint density at radius 2 is 1.74 bits per heavy atom. The number of oxazole rings is 1. The largest absolute Gasteiger partial charge is 0.490 e. The van der Waals surface area contributed by atoms with E-state index < -0.39 is 9.84 Å². The highest BCUT2D eigenvalue weighted by molar-refractivity contribution is 7.90. The van der Waals surface area contributed by atoms with Gasteiger partial charge in [0.05, 0.1) is 22.8 Å². The Morgan fingerprint density at radius 3 is 2.37 bits per heavy atom. The van der Waals surface area contributed by atoms with Crippen molar-refractivity contribution in [2.24, 2.45) is 0 Å². The molecule has 2 fully saturated rings. The van der Waals surface area contributed by atoms with Crippen LogP contribution in [0.1, 0.15) is 36.0 Å². The first-order valence-corrected chi connectivity index (χ1v) is 13.8. The van der Waals surface area contributed by atoms with Crippen molar-refractivity contribution in [3.63, 3.8) is 0 Å². The number of hydrogen-bond acceptors (Lipinski definition) is 7. The molecule has 0 unspecified atom stereocenters. The lowest BCUT2D eigenvalue weighted by Crippen LogP contribution is -2.48. The highest BCUT2D eigenvalue weighted by Gasteiger charge is 2.27. The minimum absolute atomic E-state index is 0.0711. The normalized spacial score (nSPS) is 17.1. The molecule has 0 bridgehead atoms. The lowest BCUT2D eigenvalue weighted by atomic mass is 10.1. The van der Waals surface area contributed by atoms with Crippen molar-refractivity contribution >= 4 is 21.4 Å². The number of aromatic nitrogens is 1. The first kappa shape index (κ1) is 23.4. The molecular formula is C26H29N3O5S. The van der Waals surface area contributed by atoms with E-state index in [-0.39, 0.29) is 16.9 Å². The van der Waals surface area contributed by atoms with E-state index in [1.165, 1.54) is 12.1 Å².